The normalized spacial score (nSPS) is 10.5. The molecule has 3 nitrogen and oxygen atoms in total. The summed E-state index contributed by atoms with van der Waals surface area (Å²) in [6.07, 6.45) is 0. The molecule has 0 radical (unpaired) electrons. The molecular weight excluding hydrogens is 258 g/mol. The van der Waals surface area contributed by atoms with Crippen LogP contribution in [0.25, 0.3) is 10.9 Å². The predicted octanol–water partition coefficient (Wildman–Crippen LogP) is 2.83. The molecule has 0 spiro atoms. The first kappa shape index (κ1) is 10.1. The lowest BCUT2D eigenvalue weighted by Crippen LogP contribution is -2.00. The van der Waals surface area contributed by atoms with Gasteiger partial charge in [-0.15, -0.1) is 0 Å². The van der Waals surface area contributed by atoms with Crippen molar-refractivity contribution in [2.75, 3.05) is 0 Å². The second-order valence-corrected chi connectivity index (χ2v) is 3.68. The first-order valence-corrected chi connectivity index (χ1v) is 5.52. The number of para-hydroxylation sites is 1. The molecule has 2 aromatic rings. The second-order valence-electron chi connectivity index (χ2n) is 3.12. The van der Waals surface area contributed by atoms with Gasteiger partial charge in [-0.05, 0) is 12.1 Å². The third kappa shape index (κ3) is 1.85. The molecule has 1 aromatic carbocycles. The summed E-state index contributed by atoms with van der Waals surface area (Å²) in [5.41, 5.74) is 1.74. The van der Waals surface area contributed by atoms with Gasteiger partial charge >= 0.3 is 5.97 Å². The van der Waals surface area contributed by atoms with Crippen LogP contribution in [0.2, 0.25) is 0 Å². The number of carboxylic acids is 1. The number of benzene rings is 1. The molecule has 2 rings (SSSR count). The van der Waals surface area contributed by atoms with Crippen LogP contribution in [-0.4, -0.2) is 16.1 Å². The zero-order valence-corrected chi connectivity index (χ0v) is 9.36. The number of hydrogen-bond acceptors (Lipinski definition) is 2. The van der Waals surface area contributed by atoms with Gasteiger partial charge in [-0.25, -0.2) is 4.79 Å². The number of alkyl halides is 1. The van der Waals surface area contributed by atoms with E-state index in [4.69, 9.17) is 5.11 Å². The average Bonchev–Trinajstić information content (AvgIpc) is 2.27. The standard InChI is InChI=1S/C11H8BrNO2/c12-6-7-5-9(11(14)15)8-3-1-2-4-10(8)13-7/h1-5H,6H2,(H,14,15). The molecule has 0 fully saturated rings. The molecule has 0 aliphatic carbocycles. The molecule has 1 N–H and O–H groups in total. The molecule has 0 saturated heterocycles. The largest absolute Gasteiger partial charge is 0.478 e. The summed E-state index contributed by atoms with van der Waals surface area (Å²) in [5, 5.41) is 10.3. The molecule has 15 heavy (non-hydrogen) atoms. The van der Waals surface area contributed by atoms with E-state index < -0.39 is 5.97 Å². The van der Waals surface area contributed by atoms with Crippen LogP contribution >= 0.6 is 15.9 Å². The fourth-order valence-corrected chi connectivity index (χ4v) is 1.76. The quantitative estimate of drug-likeness (QED) is 0.850. The van der Waals surface area contributed by atoms with Gasteiger partial charge in [-0.3, -0.25) is 4.98 Å². The topological polar surface area (TPSA) is 50.2 Å². The summed E-state index contributed by atoms with van der Waals surface area (Å²) in [6, 6.07) is 8.83. The number of halogens is 1. The van der Waals surface area contributed by atoms with E-state index in [1.807, 2.05) is 18.2 Å². The Morgan fingerprint density at radius 3 is 2.80 bits per heavy atom. The predicted molar refractivity (Wildman–Crippen MR) is 61.3 cm³/mol. The molecule has 1 aromatic heterocycles. The van der Waals surface area contributed by atoms with Crippen LogP contribution in [0.1, 0.15) is 16.1 Å². The highest BCUT2D eigenvalue weighted by Crippen LogP contribution is 2.19. The monoisotopic (exact) mass is 265 g/mol. The smallest absolute Gasteiger partial charge is 0.336 e. The number of fused-ring (bicyclic) bond motifs is 1. The molecular formula is C11H8BrNO2. The Balaban J connectivity index is 2.80. The van der Waals surface area contributed by atoms with Gasteiger partial charge in [-0.1, -0.05) is 34.1 Å². The number of aromatic nitrogens is 1. The van der Waals surface area contributed by atoms with Crippen molar-refractivity contribution in [3.63, 3.8) is 0 Å². The zero-order valence-electron chi connectivity index (χ0n) is 7.77. The maximum Gasteiger partial charge on any atom is 0.336 e. The van der Waals surface area contributed by atoms with E-state index in [-0.39, 0.29) is 0 Å². The molecule has 0 saturated carbocycles. The van der Waals surface area contributed by atoms with Crippen molar-refractivity contribution < 1.29 is 9.90 Å². The van der Waals surface area contributed by atoms with E-state index >= 15 is 0 Å². The highest BCUT2D eigenvalue weighted by atomic mass is 79.9. The van der Waals surface area contributed by atoms with E-state index in [0.29, 0.717) is 21.8 Å². The van der Waals surface area contributed by atoms with Crippen LogP contribution in [0.15, 0.2) is 30.3 Å². The van der Waals surface area contributed by atoms with Gasteiger partial charge in [0.25, 0.3) is 0 Å². The Morgan fingerprint density at radius 2 is 2.13 bits per heavy atom. The minimum absolute atomic E-state index is 0.301. The lowest BCUT2D eigenvalue weighted by atomic mass is 10.1. The van der Waals surface area contributed by atoms with Gasteiger partial charge in [0.05, 0.1) is 16.8 Å². The maximum atomic E-state index is 11.0. The Kier molecular flexibility index (Phi) is 2.68. The molecule has 0 unspecified atom stereocenters. The zero-order chi connectivity index (χ0) is 10.8. The van der Waals surface area contributed by atoms with Gasteiger partial charge < -0.3 is 5.11 Å². The van der Waals surface area contributed by atoms with Crippen LogP contribution in [0, 0.1) is 0 Å². The Hall–Kier alpha value is -1.42. The van der Waals surface area contributed by atoms with Crippen LogP contribution in [0.4, 0.5) is 0 Å². The summed E-state index contributed by atoms with van der Waals surface area (Å²) in [7, 11) is 0. The van der Waals surface area contributed by atoms with E-state index in [1.165, 1.54) is 0 Å². The number of pyridine rings is 1. The van der Waals surface area contributed by atoms with Gasteiger partial charge in [0.2, 0.25) is 0 Å². The molecule has 0 amide bonds. The van der Waals surface area contributed by atoms with Crippen molar-refractivity contribution in [3.8, 4) is 0 Å². The summed E-state index contributed by atoms with van der Waals surface area (Å²) < 4.78 is 0. The average molecular weight is 266 g/mol. The van der Waals surface area contributed by atoms with Gasteiger partial charge in [0, 0.05) is 10.7 Å². The van der Waals surface area contributed by atoms with E-state index in [9.17, 15) is 4.79 Å². The first-order valence-electron chi connectivity index (χ1n) is 4.40. The number of rotatable bonds is 2. The third-order valence-electron chi connectivity index (χ3n) is 2.14. The highest BCUT2D eigenvalue weighted by molar-refractivity contribution is 9.08. The van der Waals surface area contributed by atoms with Gasteiger partial charge in [-0.2, -0.15) is 0 Å². The number of carboxylic acid groups (broad SMARTS) is 1. The first-order chi connectivity index (χ1) is 7.22. The van der Waals surface area contributed by atoms with E-state index in [2.05, 4.69) is 20.9 Å². The van der Waals surface area contributed by atoms with E-state index in [0.717, 1.165) is 5.69 Å². The fourth-order valence-electron chi connectivity index (χ4n) is 1.48. The second kappa shape index (κ2) is 3.98. The molecule has 0 bridgehead atoms. The lowest BCUT2D eigenvalue weighted by Gasteiger charge is -2.04. The van der Waals surface area contributed by atoms with Crippen LogP contribution in [-0.2, 0) is 5.33 Å². The summed E-state index contributed by atoms with van der Waals surface area (Å²) in [5.74, 6) is -0.921. The van der Waals surface area contributed by atoms with Crippen molar-refractivity contribution in [1.29, 1.82) is 0 Å². The van der Waals surface area contributed by atoms with Crippen LogP contribution in [0.5, 0.6) is 0 Å². The minimum Gasteiger partial charge on any atom is -0.478 e. The van der Waals surface area contributed by atoms with Gasteiger partial charge in [0.1, 0.15) is 0 Å². The summed E-state index contributed by atoms with van der Waals surface area (Å²) in [6.45, 7) is 0. The van der Waals surface area contributed by atoms with Crippen molar-refractivity contribution in [2.45, 2.75) is 5.33 Å². The number of aromatic carboxylic acids is 1. The lowest BCUT2D eigenvalue weighted by molar-refractivity contribution is 0.0699. The summed E-state index contributed by atoms with van der Waals surface area (Å²) >= 11 is 3.27. The number of carbonyl (C=O) groups is 1. The fraction of sp³-hybridized carbons (Fsp3) is 0.0909. The maximum absolute atomic E-state index is 11.0. The van der Waals surface area contributed by atoms with Crippen molar-refractivity contribution in [2.24, 2.45) is 0 Å². The number of hydrogen-bond donors (Lipinski definition) is 1. The van der Waals surface area contributed by atoms with Crippen LogP contribution in [0.3, 0.4) is 0 Å². The molecule has 0 aliphatic heterocycles. The van der Waals surface area contributed by atoms with Crippen molar-refractivity contribution >= 4 is 32.8 Å². The SMILES string of the molecule is O=C(O)c1cc(CBr)nc2ccccc12. The van der Waals surface area contributed by atoms with Crippen molar-refractivity contribution in [3.05, 3.63) is 41.6 Å². The molecule has 0 aliphatic rings. The molecule has 1 heterocycles. The van der Waals surface area contributed by atoms with Gasteiger partial charge in [0.15, 0.2) is 0 Å². The molecule has 4 heteroatoms. The third-order valence-corrected chi connectivity index (χ3v) is 2.71. The van der Waals surface area contributed by atoms with Crippen molar-refractivity contribution in [1.82, 2.24) is 4.98 Å². The Morgan fingerprint density at radius 1 is 1.40 bits per heavy atom. The van der Waals surface area contributed by atoms with Crippen LogP contribution < -0.4 is 0 Å². The molecule has 0 atom stereocenters. The summed E-state index contributed by atoms with van der Waals surface area (Å²) in [4.78, 5) is 15.4. The number of nitrogens with zero attached hydrogens (tertiary/aromatic N) is 1. The Bertz CT molecular complexity index is 525. The van der Waals surface area contributed by atoms with E-state index in [1.54, 1.807) is 12.1 Å². The Labute approximate surface area is 94.9 Å². The highest BCUT2D eigenvalue weighted by Gasteiger charge is 2.10. The minimum atomic E-state index is -0.921. The molecule has 76 valence electrons.